The lowest BCUT2D eigenvalue weighted by Crippen LogP contribution is -2.18. The third kappa shape index (κ3) is 1.45. The number of carboxylic acid groups (broad SMARTS) is 1. The molecule has 1 rings (SSSR count). The molecule has 0 aromatic rings. The van der Waals surface area contributed by atoms with Crippen LogP contribution in [0.2, 0.25) is 0 Å². The van der Waals surface area contributed by atoms with Crippen LogP contribution in [-0.2, 0) is 14.8 Å². The number of hydrogen-bond donors (Lipinski definition) is 2. The van der Waals surface area contributed by atoms with Crippen molar-refractivity contribution in [3.05, 3.63) is 0 Å². The molecule has 1 saturated heterocycles. The van der Waals surface area contributed by atoms with E-state index in [-0.39, 0.29) is 12.3 Å². The second-order valence-corrected chi connectivity index (χ2v) is 4.02. The summed E-state index contributed by atoms with van der Waals surface area (Å²) < 4.78 is 23.3. The summed E-state index contributed by atoms with van der Waals surface area (Å²) in [6.45, 7) is 0.0255. The molecule has 1 aliphatic rings. The van der Waals surface area contributed by atoms with Gasteiger partial charge in [0.1, 0.15) is 0 Å². The molecule has 0 saturated carbocycles. The number of hydrogen-bond acceptors (Lipinski definition) is 3. The second kappa shape index (κ2) is 2.21. The number of nitrogens with one attached hydrogen (secondary N) is 1. The van der Waals surface area contributed by atoms with Crippen LogP contribution in [0.3, 0.4) is 0 Å². The van der Waals surface area contributed by atoms with Gasteiger partial charge in [0.25, 0.3) is 0 Å². The van der Waals surface area contributed by atoms with Gasteiger partial charge in [-0.2, -0.15) is 0 Å². The summed E-state index contributed by atoms with van der Waals surface area (Å²) in [4.78, 5) is 10.2. The molecule has 1 fully saturated rings. The molecule has 1 unspecified atom stereocenters. The first-order valence-corrected chi connectivity index (χ1v) is 4.36. The third-order valence-corrected chi connectivity index (χ3v) is 2.77. The lowest BCUT2D eigenvalue weighted by atomic mass is 10.2. The maximum Gasteiger partial charge on any atom is 0.308 e. The Hall–Kier alpha value is -0.620. The highest BCUT2D eigenvalue weighted by Crippen LogP contribution is 2.07. The van der Waals surface area contributed by atoms with Gasteiger partial charge in [0.2, 0.25) is 10.0 Å². The Bertz CT molecular complexity index is 244. The van der Waals surface area contributed by atoms with E-state index in [1.807, 2.05) is 0 Å². The number of aliphatic carboxylic acids is 1. The first kappa shape index (κ1) is 7.49. The number of sulfonamides is 1. The van der Waals surface area contributed by atoms with Crippen LogP contribution in [0.5, 0.6) is 0 Å². The van der Waals surface area contributed by atoms with Crippen LogP contribution in [0.25, 0.3) is 0 Å². The summed E-state index contributed by atoms with van der Waals surface area (Å²) in [5.41, 5.74) is 0. The minimum atomic E-state index is -3.27. The van der Waals surface area contributed by atoms with E-state index in [0.717, 1.165) is 0 Å². The van der Waals surface area contributed by atoms with E-state index in [4.69, 9.17) is 5.11 Å². The van der Waals surface area contributed by atoms with Crippen molar-refractivity contribution in [2.45, 2.75) is 0 Å². The van der Waals surface area contributed by atoms with Crippen molar-refractivity contribution in [1.29, 1.82) is 0 Å². The zero-order chi connectivity index (χ0) is 7.78. The molecule has 58 valence electrons. The summed E-state index contributed by atoms with van der Waals surface area (Å²) in [5.74, 6) is -2.12. The van der Waals surface area contributed by atoms with E-state index in [9.17, 15) is 13.2 Å². The molecule has 0 aromatic carbocycles. The molecule has 0 radical (unpaired) electrons. The molecule has 5 nitrogen and oxygen atoms in total. The van der Waals surface area contributed by atoms with Crippen molar-refractivity contribution in [1.82, 2.24) is 4.72 Å². The van der Waals surface area contributed by atoms with Crippen LogP contribution < -0.4 is 4.72 Å². The molecule has 1 aliphatic heterocycles. The quantitative estimate of drug-likeness (QED) is 0.501. The number of rotatable bonds is 1. The molecule has 0 amide bonds. The van der Waals surface area contributed by atoms with Crippen LogP contribution in [-0.4, -0.2) is 31.8 Å². The molecule has 0 bridgehead atoms. The smallest absolute Gasteiger partial charge is 0.308 e. The molecule has 0 aromatic heterocycles. The largest absolute Gasteiger partial charge is 0.481 e. The lowest BCUT2D eigenvalue weighted by Gasteiger charge is -1.94. The first-order valence-electron chi connectivity index (χ1n) is 2.71. The lowest BCUT2D eigenvalue weighted by molar-refractivity contribution is -0.140. The molecular weight excluding hydrogens is 158 g/mol. The number of carbonyl (C=O) groups is 1. The minimum absolute atomic E-state index is 0.0255. The van der Waals surface area contributed by atoms with Gasteiger partial charge in [-0.15, -0.1) is 0 Å². The van der Waals surface area contributed by atoms with Gasteiger partial charge in [-0.05, 0) is 0 Å². The van der Waals surface area contributed by atoms with Crippen molar-refractivity contribution >= 4 is 16.0 Å². The fraction of sp³-hybridized carbons (Fsp3) is 0.750. The Kier molecular flexibility index (Phi) is 1.65. The van der Waals surface area contributed by atoms with Crippen molar-refractivity contribution in [3.8, 4) is 0 Å². The average molecular weight is 165 g/mol. The van der Waals surface area contributed by atoms with E-state index < -0.39 is 21.9 Å². The molecule has 0 aliphatic carbocycles. The molecule has 1 atom stereocenters. The Balaban J connectivity index is 2.69. The Morgan fingerprint density at radius 3 is 2.40 bits per heavy atom. The van der Waals surface area contributed by atoms with Gasteiger partial charge in [0.05, 0.1) is 11.7 Å². The van der Waals surface area contributed by atoms with E-state index in [1.165, 1.54) is 0 Å². The molecule has 2 N–H and O–H groups in total. The summed E-state index contributed by atoms with van der Waals surface area (Å²) in [5, 5.41) is 8.34. The number of carboxylic acids is 1. The highest BCUT2D eigenvalue weighted by molar-refractivity contribution is 7.89. The maximum atomic E-state index is 10.6. The van der Waals surface area contributed by atoms with Gasteiger partial charge in [-0.25, -0.2) is 13.1 Å². The second-order valence-electron chi connectivity index (χ2n) is 2.17. The van der Waals surface area contributed by atoms with Crippen LogP contribution >= 0.6 is 0 Å². The third-order valence-electron chi connectivity index (χ3n) is 1.32. The van der Waals surface area contributed by atoms with Crippen LogP contribution in [0.4, 0.5) is 0 Å². The first-order chi connectivity index (χ1) is 4.51. The highest BCUT2D eigenvalue weighted by Gasteiger charge is 2.32. The summed E-state index contributed by atoms with van der Waals surface area (Å²) in [6.07, 6.45) is 0. The van der Waals surface area contributed by atoms with Gasteiger partial charge < -0.3 is 5.11 Å². The fourth-order valence-corrected chi connectivity index (χ4v) is 2.13. The zero-order valence-electron chi connectivity index (χ0n) is 5.07. The Morgan fingerprint density at radius 2 is 2.20 bits per heavy atom. The van der Waals surface area contributed by atoms with Gasteiger partial charge in [0.15, 0.2) is 0 Å². The van der Waals surface area contributed by atoms with Crippen LogP contribution in [0.15, 0.2) is 0 Å². The topological polar surface area (TPSA) is 83.5 Å². The van der Waals surface area contributed by atoms with Crippen molar-refractivity contribution in [2.24, 2.45) is 5.92 Å². The van der Waals surface area contributed by atoms with Gasteiger partial charge >= 0.3 is 5.97 Å². The van der Waals surface area contributed by atoms with E-state index in [0.29, 0.717) is 0 Å². The maximum absolute atomic E-state index is 10.6. The van der Waals surface area contributed by atoms with Crippen molar-refractivity contribution in [3.63, 3.8) is 0 Å². The molecule has 6 heteroatoms. The predicted octanol–water partition coefficient (Wildman–Crippen LogP) is -1.38. The molecule has 10 heavy (non-hydrogen) atoms. The fourth-order valence-electron chi connectivity index (χ4n) is 0.769. The van der Waals surface area contributed by atoms with Crippen LogP contribution in [0, 0.1) is 5.92 Å². The highest BCUT2D eigenvalue weighted by atomic mass is 32.2. The van der Waals surface area contributed by atoms with Gasteiger partial charge in [0, 0.05) is 6.54 Å². The van der Waals surface area contributed by atoms with E-state index in [2.05, 4.69) is 4.72 Å². The standard InChI is InChI=1S/C4H7NO4S/c6-4(7)3-1-5-10(8,9)2-3/h3,5H,1-2H2,(H,6,7). The Labute approximate surface area is 58.1 Å². The summed E-state index contributed by atoms with van der Waals surface area (Å²) in [6, 6.07) is 0. The van der Waals surface area contributed by atoms with Gasteiger partial charge in [-0.1, -0.05) is 0 Å². The molecule has 0 spiro atoms. The van der Waals surface area contributed by atoms with Crippen molar-refractivity contribution < 1.29 is 18.3 Å². The molecular formula is C4H7NO4S. The summed E-state index contributed by atoms with van der Waals surface area (Å²) in [7, 11) is -3.27. The zero-order valence-corrected chi connectivity index (χ0v) is 5.89. The minimum Gasteiger partial charge on any atom is -0.481 e. The normalized spacial score (nSPS) is 30.2. The SMILES string of the molecule is O=C(O)C1CNS(=O)(=O)C1. The summed E-state index contributed by atoms with van der Waals surface area (Å²) >= 11 is 0. The van der Waals surface area contributed by atoms with Gasteiger partial charge in [-0.3, -0.25) is 4.79 Å². The predicted molar refractivity (Wildman–Crippen MR) is 32.9 cm³/mol. The average Bonchev–Trinajstić information content (AvgIpc) is 2.10. The Morgan fingerprint density at radius 1 is 1.60 bits per heavy atom. The molecule has 1 heterocycles. The monoisotopic (exact) mass is 165 g/mol. The van der Waals surface area contributed by atoms with E-state index in [1.54, 1.807) is 0 Å². The van der Waals surface area contributed by atoms with Crippen LogP contribution in [0.1, 0.15) is 0 Å². The van der Waals surface area contributed by atoms with E-state index >= 15 is 0 Å². The van der Waals surface area contributed by atoms with Crippen molar-refractivity contribution in [2.75, 3.05) is 12.3 Å².